The summed E-state index contributed by atoms with van der Waals surface area (Å²) in [4.78, 5) is 29.2. The van der Waals surface area contributed by atoms with Crippen molar-refractivity contribution in [3.8, 4) is 0 Å². The van der Waals surface area contributed by atoms with E-state index < -0.39 is 0 Å². The monoisotopic (exact) mass is 365 g/mol. The van der Waals surface area contributed by atoms with Gasteiger partial charge in [0.25, 0.3) is 11.8 Å². The van der Waals surface area contributed by atoms with Crippen molar-refractivity contribution < 1.29 is 9.59 Å². The van der Waals surface area contributed by atoms with E-state index in [0.717, 1.165) is 42.5 Å². The number of anilines is 1. The normalized spacial score (nSPS) is 15.0. The molecule has 2 N–H and O–H groups in total. The highest BCUT2D eigenvalue weighted by atomic mass is 16.2. The van der Waals surface area contributed by atoms with Gasteiger partial charge < -0.3 is 10.6 Å². The van der Waals surface area contributed by atoms with Crippen LogP contribution < -0.4 is 10.6 Å². The summed E-state index contributed by atoms with van der Waals surface area (Å²) in [6, 6.07) is 7.71. The minimum absolute atomic E-state index is 0.157. The average molecular weight is 365 g/mol. The molecule has 5 heteroatoms. The minimum atomic E-state index is -0.267. The number of benzene rings is 1. The SMILES string of the molecule is Cc1cc(C)cc(NC(=O)c2cncc(C(=O)NC3CCCCCC3)c2)c1. The van der Waals surface area contributed by atoms with Crippen molar-refractivity contribution in [2.45, 2.75) is 58.4 Å². The first-order chi connectivity index (χ1) is 13.0. The molecule has 142 valence electrons. The number of carbonyl (C=O) groups excluding carboxylic acids is 2. The van der Waals surface area contributed by atoms with Gasteiger partial charge in [-0.1, -0.05) is 31.7 Å². The Labute approximate surface area is 160 Å². The van der Waals surface area contributed by atoms with Crippen molar-refractivity contribution in [3.63, 3.8) is 0 Å². The summed E-state index contributed by atoms with van der Waals surface area (Å²) in [6.07, 6.45) is 9.82. The predicted molar refractivity (Wildman–Crippen MR) is 107 cm³/mol. The van der Waals surface area contributed by atoms with Gasteiger partial charge in [-0.15, -0.1) is 0 Å². The third-order valence-electron chi connectivity index (χ3n) is 4.93. The Morgan fingerprint density at radius 3 is 2.07 bits per heavy atom. The van der Waals surface area contributed by atoms with E-state index in [2.05, 4.69) is 21.7 Å². The minimum Gasteiger partial charge on any atom is -0.349 e. The van der Waals surface area contributed by atoms with E-state index in [4.69, 9.17) is 0 Å². The molecule has 2 amide bonds. The Morgan fingerprint density at radius 2 is 1.44 bits per heavy atom. The maximum absolute atomic E-state index is 12.6. The van der Waals surface area contributed by atoms with Crippen molar-refractivity contribution >= 4 is 17.5 Å². The summed E-state index contributed by atoms with van der Waals surface area (Å²) in [5, 5.41) is 5.98. The Kier molecular flexibility index (Phi) is 6.22. The van der Waals surface area contributed by atoms with Crippen LogP contribution >= 0.6 is 0 Å². The largest absolute Gasteiger partial charge is 0.349 e. The number of rotatable bonds is 4. The number of nitrogens with zero attached hydrogens (tertiary/aromatic N) is 1. The molecule has 1 aromatic heterocycles. The number of aryl methyl sites for hydroxylation is 2. The van der Waals surface area contributed by atoms with Crippen LogP contribution in [0.15, 0.2) is 36.7 Å². The molecule has 1 aromatic carbocycles. The van der Waals surface area contributed by atoms with Gasteiger partial charge in [0, 0.05) is 24.1 Å². The molecule has 0 radical (unpaired) electrons. The maximum Gasteiger partial charge on any atom is 0.257 e. The third kappa shape index (κ3) is 5.39. The van der Waals surface area contributed by atoms with E-state index in [1.165, 1.54) is 25.2 Å². The second kappa shape index (κ2) is 8.80. The smallest absolute Gasteiger partial charge is 0.257 e. The summed E-state index contributed by atoms with van der Waals surface area (Å²) in [6.45, 7) is 3.98. The van der Waals surface area contributed by atoms with Crippen molar-refractivity contribution in [1.82, 2.24) is 10.3 Å². The topological polar surface area (TPSA) is 71.1 Å². The standard InChI is InChI=1S/C22H27N3O2/c1-15-9-16(2)11-20(10-15)25-22(27)18-12-17(13-23-14-18)21(26)24-19-7-5-3-4-6-8-19/h9-14,19H,3-8H2,1-2H3,(H,24,26)(H,25,27). The zero-order chi connectivity index (χ0) is 19.2. The van der Waals surface area contributed by atoms with Crippen molar-refractivity contribution in [2.24, 2.45) is 0 Å². The van der Waals surface area contributed by atoms with Gasteiger partial charge >= 0.3 is 0 Å². The number of pyridine rings is 1. The number of nitrogens with one attached hydrogen (secondary N) is 2. The molecule has 0 saturated heterocycles. The van der Waals surface area contributed by atoms with Crippen molar-refractivity contribution in [1.29, 1.82) is 0 Å². The van der Waals surface area contributed by atoms with E-state index in [-0.39, 0.29) is 17.9 Å². The highest BCUT2D eigenvalue weighted by Gasteiger charge is 2.17. The lowest BCUT2D eigenvalue weighted by Crippen LogP contribution is -2.34. The van der Waals surface area contributed by atoms with Crippen LogP contribution in [0.4, 0.5) is 5.69 Å². The van der Waals surface area contributed by atoms with Crippen LogP contribution in [-0.2, 0) is 0 Å². The summed E-state index contributed by atoms with van der Waals surface area (Å²) in [5.74, 6) is -0.424. The van der Waals surface area contributed by atoms with Crippen LogP contribution in [0.3, 0.4) is 0 Å². The van der Waals surface area contributed by atoms with Crippen LogP contribution in [-0.4, -0.2) is 22.8 Å². The Bertz CT molecular complexity index is 804. The van der Waals surface area contributed by atoms with Gasteiger partial charge in [0.2, 0.25) is 0 Å². The molecule has 1 aliphatic carbocycles. The predicted octanol–water partition coefficient (Wildman–Crippen LogP) is 4.40. The second-order valence-corrected chi connectivity index (χ2v) is 7.45. The molecule has 1 aliphatic rings. The molecular formula is C22H27N3O2. The van der Waals surface area contributed by atoms with E-state index in [9.17, 15) is 9.59 Å². The second-order valence-electron chi connectivity index (χ2n) is 7.45. The van der Waals surface area contributed by atoms with E-state index in [0.29, 0.717) is 11.1 Å². The first-order valence-corrected chi connectivity index (χ1v) is 9.67. The molecule has 0 aliphatic heterocycles. The molecule has 1 saturated carbocycles. The Hall–Kier alpha value is -2.69. The third-order valence-corrected chi connectivity index (χ3v) is 4.93. The summed E-state index contributed by atoms with van der Waals surface area (Å²) in [5.41, 5.74) is 3.71. The molecule has 1 heterocycles. The van der Waals surface area contributed by atoms with Crippen LogP contribution in [0.25, 0.3) is 0 Å². The number of hydrogen-bond acceptors (Lipinski definition) is 3. The average Bonchev–Trinajstić information content (AvgIpc) is 2.89. The number of amides is 2. The van der Waals surface area contributed by atoms with Crippen LogP contribution in [0, 0.1) is 13.8 Å². The summed E-state index contributed by atoms with van der Waals surface area (Å²) in [7, 11) is 0. The van der Waals surface area contributed by atoms with Gasteiger partial charge in [0.1, 0.15) is 0 Å². The molecule has 3 rings (SSSR count). The molecule has 0 bridgehead atoms. The number of aromatic nitrogens is 1. The fourth-order valence-electron chi connectivity index (χ4n) is 3.63. The van der Waals surface area contributed by atoms with Crippen LogP contribution in [0.5, 0.6) is 0 Å². The molecular weight excluding hydrogens is 338 g/mol. The molecule has 27 heavy (non-hydrogen) atoms. The fraction of sp³-hybridized carbons (Fsp3) is 0.409. The van der Waals surface area contributed by atoms with Gasteiger partial charge in [0.15, 0.2) is 0 Å². The van der Waals surface area contributed by atoms with Crippen molar-refractivity contribution in [3.05, 3.63) is 58.9 Å². The van der Waals surface area contributed by atoms with E-state index in [1.807, 2.05) is 26.0 Å². The van der Waals surface area contributed by atoms with Crippen LogP contribution in [0.1, 0.15) is 70.4 Å². The highest BCUT2D eigenvalue weighted by molar-refractivity contribution is 6.05. The number of carbonyl (C=O) groups is 2. The van der Waals surface area contributed by atoms with E-state index >= 15 is 0 Å². The number of hydrogen-bond donors (Lipinski definition) is 2. The molecule has 0 atom stereocenters. The zero-order valence-electron chi connectivity index (χ0n) is 16.0. The lowest BCUT2D eigenvalue weighted by molar-refractivity contribution is 0.0933. The quantitative estimate of drug-likeness (QED) is 0.789. The van der Waals surface area contributed by atoms with Gasteiger partial charge in [0.05, 0.1) is 11.1 Å². The molecule has 0 spiro atoms. The van der Waals surface area contributed by atoms with Crippen LogP contribution in [0.2, 0.25) is 0 Å². The van der Waals surface area contributed by atoms with E-state index in [1.54, 1.807) is 6.07 Å². The van der Waals surface area contributed by atoms with Gasteiger partial charge in [-0.25, -0.2) is 0 Å². The summed E-state index contributed by atoms with van der Waals surface area (Å²) >= 11 is 0. The Balaban J connectivity index is 1.68. The lowest BCUT2D eigenvalue weighted by Gasteiger charge is -2.16. The van der Waals surface area contributed by atoms with Gasteiger partial charge in [-0.3, -0.25) is 14.6 Å². The molecule has 1 fully saturated rings. The maximum atomic E-state index is 12.6. The Morgan fingerprint density at radius 1 is 0.852 bits per heavy atom. The molecule has 0 unspecified atom stereocenters. The first-order valence-electron chi connectivity index (χ1n) is 9.67. The lowest BCUT2D eigenvalue weighted by atomic mass is 10.1. The highest BCUT2D eigenvalue weighted by Crippen LogP contribution is 2.18. The molecule has 5 nitrogen and oxygen atoms in total. The van der Waals surface area contributed by atoms with Gasteiger partial charge in [-0.2, -0.15) is 0 Å². The van der Waals surface area contributed by atoms with Crippen molar-refractivity contribution in [2.75, 3.05) is 5.32 Å². The summed E-state index contributed by atoms with van der Waals surface area (Å²) < 4.78 is 0. The van der Waals surface area contributed by atoms with Gasteiger partial charge in [-0.05, 0) is 56.0 Å². The molecule has 2 aromatic rings. The fourth-order valence-corrected chi connectivity index (χ4v) is 3.63. The first kappa shape index (κ1) is 19.1. The zero-order valence-corrected chi connectivity index (χ0v) is 16.0.